The van der Waals surface area contributed by atoms with Gasteiger partial charge in [-0.25, -0.2) is 0 Å². The molecule has 0 bridgehead atoms. The summed E-state index contributed by atoms with van der Waals surface area (Å²) in [7, 11) is 0. The number of nitrogens with one attached hydrogen (secondary N) is 2. The van der Waals surface area contributed by atoms with Crippen LogP contribution in [0.2, 0.25) is 0 Å². The zero-order chi connectivity index (χ0) is 17.7. The Morgan fingerprint density at radius 2 is 1.65 bits per heavy atom. The van der Waals surface area contributed by atoms with E-state index in [1.165, 1.54) is 5.56 Å². The van der Waals surface area contributed by atoms with Crippen molar-refractivity contribution in [1.82, 2.24) is 10.6 Å². The van der Waals surface area contributed by atoms with Gasteiger partial charge in [-0.05, 0) is 26.3 Å². The molecule has 1 aromatic rings. The average molecular weight is 335 g/mol. The highest BCUT2D eigenvalue weighted by atomic mass is 32.1. The normalized spacial score (nSPS) is 13.5. The van der Waals surface area contributed by atoms with Gasteiger partial charge in [-0.3, -0.25) is 10.1 Å². The molecule has 0 aliphatic heterocycles. The van der Waals surface area contributed by atoms with E-state index in [0.717, 1.165) is 6.42 Å². The maximum absolute atomic E-state index is 12.2. The molecule has 0 saturated carbocycles. The summed E-state index contributed by atoms with van der Waals surface area (Å²) in [5.74, 6) is 0.157. The Bertz CT molecular complexity index is 527. The molecule has 0 saturated heterocycles. The Labute approximate surface area is 146 Å². The van der Waals surface area contributed by atoms with Crippen LogP contribution in [-0.2, 0) is 11.2 Å². The molecule has 1 rings (SSSR count). The van der Waals surface area contributed by atoms with Gasteiger partial charge in [0, 0.05) is 17.4 Å². The van der Waals surface area contributed by atoms with E-state index in [0.29, 0.717) is 4.99 Å². The standard InChI is InChI=1S/C19H30N2OS/c1-18(2,3)15(22)13-17(23)20-16(21-19(4,5)6)12-14-10-8-7-9-11-14/h7-11,16,21H,12-13H2,1-6H3,(H,20,23)/t16-/m0/s1. The lowest BCUT2D eigenvalue weighted by molar-refractivity contribution is -0.125. The predicted octanol–water partition coefficient (Wildman–Crippen LogP) is 3.87. The molecular formula is C19H30N2OS. The number of ketones is 1. The number of rotatable bonds is 6. The molecular weight excluding hydrogens is 304 g/mol. The third-order valence-corrected chi connectivity index (χ3v) is 3.64. The Hall–Kier alpha value is -1.26. The molecule has 2 N–H and O–H groups in total. The van der Waals surface area contributed by atoms with Crippen LogP contribution in [0.25, 0.3) is 0 Å². The Morgan fingerprint density at radius 1 is 1.09 bits per heavy atom. The zero-order valence-corrected chi connectivity index (χ0v) is 16.0. The fourth-order valence-corrected chi connectivity index (χ4v) is 2.44. The van der Waals surface area contributed by atoms with Gasteiger partial charge in [-0.15, -0.1) is 0 Å². The molecule has 1 aromatic carbocycles. The summed E-state index contributed by atoms with van der Waals surface area (Å²) in [5.41, 5.74) is 0.820. The fourth-order valence-electron chi connectivity index (χ4n) is 2.17. The minimum atomic E-state index is -0.363. The topological polar surface area (TPSA) is 41.1 Å². The van der Waals surface area contributed by atoms with Crippen LogP contribution in [-0.4, -0.2) is 22.5 Å². The zero-order valence-electron chi connectivity index (χ0n) is 15.2. The minimum absolute atomic E-state index is 0.00216. The van der Waals surface area contributed by atoms with Crippen LogP contribution in [0.3, 0.4) is 0 Å². The van der Waals surface area contributed by atoms with E-state index in [4.69, 9.17) is 12.2 Å². The van der Waals surface area contributed by atoms with Gasteiger partial charge in [-0.1, -0.05) is 63.3 Å². The van der Waals surface area contributed by atoms with Crippen LogP contribution in [0.1, 0.15) is 53.5 Å². The van der Waals surface area contributed by atoms with Crippen molar-refractivity contribution in [3.8, 4) is 0 Å². The number of hydrogen-bond donors (Lipinski definition) is 2. The lowest BCUT2D eigenvalue weighted by Gasteiger charge is -2.30. The molecule has 3 nitrogen and oxygen atoms in total. The van der Waals surface area contributed by atoms with Crippen LogP contribution in [0.15, 0.2) is 30.3 Å². The quantitative estimate of drug-likeness (QED) is 0.612. The summed E-state index contributed by atoms with van der Waals surface area (Å²) in [6.07, 6.45) is 1.09. The van der Waals surface area contributed by atoms with E-state index in [2.05, 4.69) is 43.5 Å². The molecule has 0 amide bonds. The van der Waals surface area contributed by atoms with E-state index in [9.17, 15) is 4.79 Å². The van der Waals surface area contributed by atoms with Crippen molar-refractivity contribution in [1.29, 1.82) is 0 Å². The second-order valence-electron chi connectivity index (χ2n) is 8.05. The van der Waals surface area contributed by atoms with Gasteiger partial charge in [0.25, 0.3) is 0 Å². The van der Waals surface area contributed by atoms with Gasteiger partial charge in [0.2, 0.25) is 0 Å². The molecule has 0 spiro atoms. The SMILES string of the molecule is CC(C)(C)N[C@@H](Cc1ccccc1)NC(=S)CC(=O)C(C)(C)C. The number of benzene rings is 1. The smallest absolute Gasteiger partial charge is 0.144 e. The number of hydrogen-bond acceptors (Lipinski definition) is 3. The Kier molecular flexibility index (Phi) is 6.90. The molecule has 0 aliphatic rings. The van der Waals surface area contributed by atoms with Crippen molar-refractivity contribution < 1.29 is 4.79 Å². The van der Waals surface area contributed by atoms with E-state index in [1.54, 1.807) is 0 Å². The van der Waals surface area contributed by atoms with Gasteiger partial charge < -0.3 is 5.32 Å². The summed E-state index contributed by atoms with van der Waals surface area (Å²) in [4.78, 5) is 12.8. The second-order valence-corrected chi connectivity index (χ2v) is 8.55. The largest absolute Gasteiger partial charge is 0.364 e. The van der Waals surface area contributed by atoms with Gasteiger partial charge in [0.05, 0.1) is 17.6 Å². The lowest BCUT2D eigenvalue weighted by atomic mass is 9.89. The third-order valence-electron chi connectivity index (χ3n) is 3.38. The van der Waals surface area contributed by atoms with Crippen LogP contribution in [0.4, 0.5) is 0 Å². The summed E-state index contributed by atoms with van der Waals surface area (Å²) < 4.78 is 0. The average Bonchev–Trinajstić information content (AvgIpc) is 2.36. The highest BCUT2D eigenvalue weighted by Gasteiger charge is 2.24. The number of thiocarbonyl (C=S) groups is 1. The second kappa shape index (κ2) is 8.02. The van der Waals surface area contributed by atoms with Crippen molar-refractivity contribution >= 4 is 23.0 Å². The first kappa shape index (κ1) is 19.8. The van der Waals surface area contributed by atoms with Gasteiger partial charge >= 0.3 is 0 Å². The van der Waals surface area contributed by atoms with Crippen LogP contribution < -0.4 is 10.6 Å². The molecule has 4 heteroatoms. The van der Waals surface area contributed by atoms with Crippen molar-refractivity contribution in [2.45, 2.75) is 66.1 Å². The molecule has 0 heterocycles. The minimum Gasteiger partial charge on any atom is -0.364 e. The van der Waals surface area contributed by atoms with Crippen molar-refractivity contribution in [3.63, 3.8) is 0 Å². The summed E-state index contributed by atoms with van der Waals surface area (Å²) >= 11 is 5.41. The molecule has 0 aromatic heterocycles. The first-order valence-electron chi connectivity index (χ1n) is 8.12. The van der Waals surface area contributed by atoms with E-state index < -0.39 is 0 Å². The highest BCUT2D eigenvalue weighted by Crippen LogP contribution is 2.17. The Balaban J connectivity index is 2.73. The molecule has 1 atom stereocenters. The van der Waals surface area contributed by atoms with Gasteiger partial charge in [-0.2, -0.15) is 0 Å². The molecule has 128 valence electrons. The van der Waals surface area contributed by atoms with E-state index in [-0.39, 0.29) is 29.3 Å². The summed E-state index contributed by atoms with van der Waals surface area (Å²) in [6.45, 7) is 12.1. The summed E-state index contributed by atoms with van der Waals surface area (Å²) in [5, 5.41) is 6.86. The van der Waals surface area contributed by atoms with Gasteiger partial charge in [0.1, 0.15) is 5.78 Å². The van der Waals surface area contributed by atoms with Crippen molar-refractivity contribution in [2.24, 2.45) is 5.41 Å². The van der Waals surface area contributed by atoms with Crippen molar-refractivity contribution in [2.75, 3.05) is 0 Å². The Morgan fingerprint density at radius 3 is 2.13 bits per heavy atom. The monoisotopic (exact) mass is 334 g/mol. The number of carbonyl (C=O) groups excluding carboxylic acids is 1. The molecule has 0 aliphatic carbocycles. The molecule has 0 fully saturated rings. The lowest BCUT2D eigenvalue weighted by Crippen LogP contribution is -2.54. The highest BCUT2D eigenvalue weighted by molar-refractivity contribution is 7.80. The third kappa shape index (κ3) is 8.24. The fraction of sp³-hybridized carbons (Fsp3) is 0.579. The first-order valence-corrected chi connectivity index (χ1v) is 8.52. The maximum Gasteiger partial charge on any atom is 0.144 e. The number of Topliss-reactive ketones (excluding diaryl/α,β-unsaturated/α-hetero) is 1. The maximum atomic E-state index is 12.2. The predicted molar refractivity (Wildman–Crippen MR) is 102 cm³/mol. The molecule has 0 radical (unpaired) electrons. The van der Waals surface area contributed by atoms with E-state index in [1.807, 2.05) is 39.0 Å². The molecule has 23 heavy (non-hydrogen) atoms. The van der Waals surface area contributed by atoms with E-state index >= 15 is 0 Å². The van der Waals surface area contributed by atoms with Crippen LogP contribution >= 0.6 is 12.2 Å². The first-order chi connectivity index (χ1) is 10.5. The molecule has 0 unspecified atom stereocenters. The van der Waals surface area contributed by atoms with Gasteiger partial charge in [0.15, 0.2) is 0 Å². The van der Waals surface area contributed by atoms with Crippen LogP contribution in [0.5, 0.6) is 0 Å². The van der Waals surface area contributed by atoms with Crippen molar-refractivity contribution in [3.05, 3.63) is 35.9 Å². The number of carbonyl (C=O) groups is 1. The summed E-state index contributed by atoms with van der Waals surface area (Å²) in [6, 6.07) is 10.3. The van der Waals surface area contributed by atoms with Crippen LogP contribution in [0, 0.1) is 5.41 Å².